The van der Waals surface area contributed by atoms with Crippen LogP contribution in [0.3, 0.4) is 0 Å². The molecule has 1 heterocycles. The van der Waals surface area contributed by atoms with Crippen LogP contribution in [0.15, 0.2) is 65.3 Å². The van der Waals surface area contributed by atoms with Crippen molar-refractivity contribution in [2.45, 2.75) is 6.54 Å². The highest BCUT2D eigenvalue weighted by Crippen LogP contribution is 2.24. The lowest BCUT2D eigenvalue weighted by molar-refractivity contribution is 0.0949. The molecule has 2 amide bonds. The van der Waals surface area contributed by atoms with Crippen LogP contribution in [0.5, 0.6) is 5.75 Å². The molecule has 0 saturated carbocycles. The van der Waals surface area contributed by atoms with E-state index in [1.807, 2.05) is 0 Å². The Bertz CT molecular complexity index is 954. The molecule has 2 N–H and O–H groups in total. The van der Waals surface area contributed by atoms with Crippen molar-refractivity contribution in [3.05, 3.63) is 82.8 Å². The number of amides is 2. The summed E-state index contributed by atoms with van der Waals surface area (Å²) in [4.78, 5) is 25.2. The van der Waals surface area contributed by atoms with Crippen LogP contribution < -0.4 is 15.4 Å². The predicted octanol–water partition coefficient (Wildman–Crippen LogP) is 4.12. The third-order valence-electron chi connectivity index (χ3n) is 3.83. The van der Waals surface area contributed by atoms with Crippen molar-refractivity contribution >= 4 is 29.1 Å². The minimum atomic E-state index is -0.430. The predicted molar refractivity (Wildman–Crippen MR) is 102 cm³/mol. The van der Waals surface area contributed by atoms with Gasteiger partial charge >= 0.3 is 0 Å². The van der Waals surface area contributed by atoms with Crippen LogP contribution in [0.1, 0.15) is 26.5 Å². The van der Waals surface area contributed by atoms with Gasteiger partial charge in [-0.2, -0.15) is 0 Å². The van der Waals surface area contributed by atoms with Crippen molar-refractivity contribution in [3.8, 4) is 5.75 Å². The fraction of sp³-hybridized carbons (Fsp3) is 0.100. The minimum absolute atomic E-state index is 0.246. The van der Waals surface area contributed by atoms with Crippen LogP contribution in [0.4, 0.5) is 5.69 Å². The number of hydrogen-bond donors (Lipinski definition) is 2. The van der Waals surface area contributed by atoms with Gasteiger partial charge in [-0.3, -0.25) is 9.59 Å². The first kappa shape index (κ1) is 18.5. The number of nitrogens with one attached hydrogen (secondary N) is 2. The van der Waals surface area contributed by atoms with Crippen LogP contribution >= 0.6 is 11.6 Å². The molecule has 0 fully saturated rings. The van der Waals surface area contributed by atoms with Crippen molar-refractivity contribution in [1.29, 1.82) is 0 Å². The number of carbonyl (C=O) groups is 2. The SMILES string of the molecule is COc1ccc(Cl)cc1C(=O)Nc1ccccc1C(=O)NCc1ccco1. The topological polar surface area (TPSA) is 80.6 Å². The zero-order chi connectivity index (χ0) is 19.2. The van der Waals surface area contributed by atoms with E-state index in [0.717, 1.165) is 0 Å². The Morgan fingerprint density at radius 2 is 1.85 bits per heavy atom. The van der Waals surface area contributed by atoms with Crippen LogP contribution in [0.2, 0.25) is 5.02 Å². The van der Waals surface area contributed by atoms with Crippen LogP contribution in [0.25, 0.3) is 0 Å². The Labute approximate surface area is 161 Å². The van der Waals surface area contributed by atoms with Crippen molar-refractivity contribution in [2.75, 3.05) is 12.4 Å². The number of ether oxygens (including phenoxy) is 1. The van der Waals surface area contributed by atoms with Gasteiger partial charge in [0.2, 0.25) is 0 Å². The number of hydrogen-bond acceptors (Lipinski definition) is 4. The average molecular weight is 385 g/mol. The molecule has 138 valence electrons. The molecular formula is C20H17ClN2O4. The van der Waals surface area contributed by atoms with Gasteiger partial charge in [-0.1, -0.05) is 23.7 Å². The number of carbonyl (C=O) groups excluding carboxylic acids is 2. The second-order valence-electron chi connectivity index (χ2n) is 5.61. The summed E-state index contributed by atoms with van der Waals surface area (Å²) in [6, 6.07) is 15.0. The first-order valence-corrected chi connectivity index (χ1v) is 8.51. The molecule has 0 saturated heterocycles. The number of para-hydroxylation sites is 1. The van der Waals surface area contributed by atoms with E-state index >= 15 is 0 Å². The van der Waals surface area contributed by atoms with Crippen molar-refractivity contribution in [1.82, 2.24) is 5.32 Å². The summed E-state index contributed by atoms with van der Waals surface area (Å²) in [7, 11) is 1.47. The zero-order valence-corrected chi connectivity index (χ0v) is 15.2. The van der Waals surface area contributed by atoms with Crippen molar-refractivity contribution < 1.29 is 18.7 Å². The van der Waals surface area contributed by atoms with Gasteiger partial charge in [-0.05, 0) is 42.5 Å². The Kier molecular flexibility index (Phi) is 5.78. The van der Waals surface area contributed by atoms with E-state index in [9.17, 15) is 9.59 Å². The maximum atomic E-state index is 12.7. The van der Waals surface area contributed by atoms with Gasteiger partial charge in [0.25, 0.3) is 11.8 Å². The summed E-state index contributed by atoms with van der Waals surface area (Å²) in [6.45, 7) is 0.246. The lowest BCUT2D eigenvalue weighted by Crippen LogP contribution is -2.24. The van der Waals surface area contributed by atoms with Gasteiger partial charge in [0.05, 0.1) is 36.7 Å². The van der Waals surface area contributed by atoms with Gasteiger partial charge in [0.15, 0.2) is 0 Å². The monoisotopic (exact) mass is 384 g/mol. The van der Waals surface area contributed by atoms with E-state index in [2.05, 4.69) is 10.6 Å². The van der Waals surface area contributed by atoms with Crippen LogP contribution in [-0.2, 0) is 6.54 Å². The second kappa shape index (κ2) is 8.42. The molecule has 27 heavy (non-hydrogen) atoms. The molecule has 0 atom stereocenters. The normalized spacial score (nSPS) is 10.3. The van der Waals surface area contributed by atoms with Crippen molar-refractivity contribution in [3.63, 3.8) is 0 Å². The molecule has 7 heteroatoms. The first-order valence-electron chi connectivity index (χ1n) is 8.13. The zero-order valence-electron chi connectivity index (χ0n) is 14.5. The van der Waals surface area contributed by atoms with E-state index in [1.165, 1.54) is 19.4 Å². The highest BCUT2D eigenvalue weighted by molar-refractivity contribution is 6.31. The van der Waals surface area contributed by atoms with Crippen LogP contribution in [-0.4, -0.2) is 18.9 Å². The number of methoxy groups -OCH3 is 1. The van der Waals surface area contributed by atoms with E-state index in [-0.39, 0.29) is 18.0 Å². The molecule has 3 rings (SSSR count). The van der Waals surface area contributed by atoms with E-state index in [1.54, 1.807) is 48.5 Å². The summed E-state index contributed by atoms with van der Waals surface area (Å²) < 4.78 is 10.4. The highest BCUT2D eigenvalue weighted by Gasteiger charge is 2.17. The van der Waals surface area contributed by atoms with Crippen LogP contribution in [0, 0.1) is 0 Å². The summed E-state index contributed by atoms with van der Waals surface area (Å²) >= 11 is 5.98. The first-order chi connectivity index (χ1) is 13.1. The number of benzene rings is 2. The summed E-state index contributed by atoms with van der Waals surface area (Å²) in [5, 5.41) is 5.91. The van der Waals surface area contributed by atoms with E-state index < -0.39 is 5.91 Å². The number of anilines is 1. The number of rotatable bonds is 6. The number of halogens is 1. The molecule has 0 radical (unpaired) electrons. The molecule has 0 bridgehead atoms. The summed E-state index contributed by atoms with van der Waals surface area (Å²) in [5.74, 6) is 0.256. The molecule has 0 aliphatic carbocycles. The van der Waals surface area contributed by atoms with E-state index in [4.69, 9.17) is 20.8 Å². The Morgan fingerprint density at radius 3 is 2.59 bits per heavy atom. The highest BCUT2D eigenvalue weighted by atomic mass is 35.5. The molecule has 0 aliphatic rings. The van der Waals surface area contributed by atoms with Gasteiger partial charge in [0.1, 0.15) is 11.5 Å². The fourth-order valence-electron chi connectivity index (χ4n) is 2.51. The second-order valence-corrected chi connectivity index (χ2v) is 6.04. The molecular weight excluding hydrogens is 368 g/mol. The quantitative estimate of drug-likeness (QED) is 0.669. The van der Waals surface area contributed by atoms with Gasteiger partial charge in [0, 0.05) is 5.02 Å². The molecule has 0 unspecified atom stereocenters. The molecule has 6 nitrogen and oxygen atoms in total. The maximum absolute atomic E-state index is 12.7. The van der Waals surface area contributed by atoms with Gasteiger partial charge < -0.3 is 19.8 Å². The number of furan rings is 1. The molecule has 3 aromatic rings. The average Bonchev–Trinajstić information content (AvgIpc) is 3.20. The summed E-state index contributed by atoms with van der Waals surface area (Å²) in [6.07, 6.45) is 1.54. The minimum Gasteiger partial charge on any atom is -0.496 e. The Morgan fingerprint density at radius 1 is 1.04 bits per heavy atom. The molecule has 0 aliphatic heterocycles. The smallest absolute Gasteiger partial charge is 0.259 e. The Balaban J connectivity index is 1.78. The van der Waals surface area contributed by atoms with Crippen molar-refractivity contribution in [2.24, 2.45) is 0 Å². The van der Waals surface area contributed by atoms with Gasteiger partial charge in [-0.15, -0.1) is 0 Å². The standard InChI is InChI=1S/C20H17ClN2O4/c1-26-18-9-8-13(21)11-16(18)20(25)23-17-7-3-2-6-15(17)19(24)22-12-14-5-4-10-27-14/h2-11H,12H2,1H3,(H,22,24)(H,23,25). The largest absolute Gasteiger partial charge is 0.496 e. The molecule has 1 aromatic heterocycles. The lowest BCUT2D eigenvalue weighted by atomic mass is 10.1. The van der Waals surface area contributed by atoms with Gasteiger partial charge in [-0.25, -0.2) is 0 Å². The third-order valence-corrected chi connectivity index (χ3v) is 4.06. The third kappa shape index (κ3) is 4.48. The molecule has 2 aromatic carbocycles. The Hall–Kier alpha value is -3.25. The fourth-order valence-corrected chi connectivity index (χ4v) is 2.69. The van der Waals surface area contributed by atoms with E-state index in [0.29, 0.717) is 27.8 Å². The maximum Gasteiger partial charge on any atom is 0.259 e. The molecule has 0 spiro atoms. The summed E-state index contributed by atoms with van der Waals surface area (Å²) in [5.41, 5.74) is 0.982. The lowest BCUT2D eigenvalue weighted by Gasteiger charge is -2.13.